The Morgan fingerprint density at radius 3 is 2.80 bits per heavy atom. The molecule has 0 aliphatic carbocycles. The predicted octanol–water partition coefficient (Wildman–Crippen LogP) is 2.28. The SMILES string of the molecule is COc1ccc(N)cc1CNC(=O)c1sc(C)nc1C. The van der Waals surface area contributed by atoms with E-state index in [0.717, 1.165) is 16.3 Å². The van der Waals surface area contributed by atoms with Gasteiger partial charge >= 0.3 is 0 Å². The van der Waals surface area contributed by atoms with Crippen molar-refractivity contribution in [3.05, 3.63) is 39.3 Å². The number of thiazole rings is 1. The van der Waals surface area contributed by atoms with Gasteiger partial charge in [-0.25, -0.2) is 4.98 Å². The van der Waals surface area contributed by atoms with E-state index in [2.05, 4.69) is 10.3 Å². The lowest BCUT2D eigenvalue weighted by Gasteiger charge is -2.10. The molecule has 0 spiro atoms. The van der Waals surface area contributed by atoms with E-state index in [1.165, 1.54) is 11.3 Å². The van der Waals surface area contributed by atoms with Gasteiger partial charge in [0.05, 0.1) is 17.8 Å². The van der Waals surface area contributed by atoms with Crippen LogP contribution >= 0.6 is 11.3 Å². The molecule has 0 aliphatic rings. The van der Waals surface area contributed by atoms with Crippen LogP contribution in [0.4, 0.5) is 5.69 Å². The number of anilines is 1. The number of hydrogen-bond acceptors (Lipinski definition) is 5. The molecule has 2 aromatic rings. The maximum absolute atomic E-state index is 12.1. The number of amides is 1. The monoisotopic (exact) mass is 291 g/mol. The lowest BCUT2D eigenvalue weighted by atomic mass is 10.1. The van der Waals surface area contributed by atoms with E-state index in [1.54, 1.807) is 25.3 Å². The van der Waals surface area contributed by atoms with Crippen LogP contribution in [-0.4, -0.2) is 18.0 Å². The Labute approximate surface area is 121 Å². The molecule has 0 aliphatic heterocycles. The van der Waals surface area contributed by atoms with Crippen LogP contribution in [0.1, 0.15) is 25.9 Å². The quantitative estimate of drug-likeness (QED) is 0.847. The second kappa shape index (κ2) is 5.92. The summed E-state index contributed by atoms with van der Waals surface area (Å²) in [5.41, 5.74) is 7.99. The van der Waals surface area contributed by atoms with Gasteiger partial charge in [-0.2, -0.15) is 0 Å². The molecule has 1 amide bonds. The zero-order valence-corrected chi connectivity index (χ0v) is 12.5. The summed E-state index contributed by atoms with van der Waals surface area (Å²) in [6.07, 6.45) is 0. The van der Waals surface area contributed by atoms with Gasteiger partial charge in [-0.15, -0.1) is 11.3 Å². The number of carbonyl (C=O) groups excluding carboxylic acids is 1. The molecule has 1 aromatic carbocycles. The third kappa shape index (κ3) is 3.08. The fourth-order valence-corrected chi connectivity index (χ4v) is 2.77. The largest absolute Gasteiger partial charge is 0.496 e. The van der Waals surface area contributed by atoms with Crippen LogP contribution in [0.25, 0.3) is 0 Å². The fraction of sp³-hybridized carbons (Fsp3) is 0.286. The lowest BCUT2D eigenvalue weighted by Crippen LogP contribution is -2.23. The molecule has 0 atom stereocenters. The first kappa shape index (κ1) is 14.3. The highest BCUT2D eigenvalue weighted by Crippen LogP contribution is 2.21. The molecule has 0 fully saturated rings. The molecule has 0 radical (unpaired) electrons. The van der Waals surface area contributed by atoms with E-state index in [0.29, 0.717) is 22.9 Å². The molecule has 3 N–H and O–H groups in total. The fourth-order valence-electron chi connectivity index (χ4n) is 1.93. The van der Waals surface area contributed by atoms with E-state index < -0.39 is 0 Å². The van der Waals surface area contributed by atoms with Crippen LogP contribution in [-0.2, 0) is 6.54 Å². The van der Waals surface area contributed by atoms with Crippen molar-refractivity contribution in [1.82, 2.24) is 10.3 Å². The second-order valence-corrected chi connectivity index (χ2v) is 5.60. The zero-order valence-electron chi connectivity index (χ0n) is 11.7. The Kier molecular flexibility index (Phi) is 4.24. The molecule has 0 saturated heterocycles. The maximum atomic E-state index is 12.1. The van der Waals surface area contributed by atoms with Gasteiger partial charge in [0.1, 0.15) is 10.6 Å². The number of nitrogens with one attached hydrogen (secondary N) is 1. The van der Waals surface area contributed by atoms with Crippen LogP contribution < -0.4 is 15.8 Å². The van der Waals surface area contributed by atoms with Gasteiger partial charge in [0.2, 0.25) is 0 Å². The van der Waals surface area contributed by atoms with Gasteiger partial charge in [-0.05, 0) is 32.0 Å². The number of carbonyl (C=O) groups is 1. The third-order valence-electron chi connectivity index (χ3n) is 2.85. The Morgan fingerprint density at radius 1 is 1.45 bits per heavy atom. The summed E-state index contributed by atoms with van der Waals surface area (Å²) in [7, 11) is 1.59. The lowest BCUT2D eigenvalue weighted by molar-refractivity contribution is 0.0954. The number of aryl methyl sites for hydroxylation is 2. The molecule has 2 rings (SSSR count). The van der Waals surface area contributed by atoms with Gasteiger partial charge in [0.25, 0.3) is 5.91 Å². The first-order chi connectivity index (χ1) is 9.51. The van der Waals surface area contributed by atoms with Crippen molar-refractivity contribution in [3.8, 4) is 5.75 Å². The van der Waals surface area contributed by atoms with Crippen LogP contribution in [0, 0.1) is 13.8 Å². The molecule has 0 unspecified atom stereocenters. The highest BCUT2D eigenvalue weighted by atomic mass is 32.1. The van der Waals surface area contributed by atoms with Crippen molar-refractivity contribution in [3.63, 3.8) is 0 Å². The smallest absolute Gasteiger partial charge is 0.263 e. The number of hydrogen-bond donors (Lipinski definition) is 2. The van der Waals surface area contributed by atoms with Gasteiger partial charge in [-0.1, -0.05) is 0 Å². The van der Waals surface area contributed by atoms with Crippen molar-refractivity contribution < 1.29 is 9.53 Å². The number of benzene rings is 1. The summed E-state index contributed by atoms with van der Waals surface area (Å²) in [6, 6.07) is 5.35. The first-order valence-corrected chi connectivity index (χ1v) is 6.97. The number of rotatable bonds is 4. The molecule has 1 heterocycles. The topological polar surface area (TPSA) is 77.2 Å². The molecular formula is C14H17N3O2S. The number of ether oxygens (including phenoxy) is 1. The van der Waals surface area contributed by atoms with Gasteiger partial charge in [0.15, 0.2) is 0 Å². The molecule has 0 saturated carbocycles. The minimum atomic E-state index is -0.127. The number of nitrogens with two attached hydrogens (primary N) is 1. The normalized spacial score (nSPS) is 10.3. The van der Waals surface area contributed by atoms with Crippen molar-refractivity contribution in [2.24, 2.45) is 0 Å². The highest BCUT2D eigenvalue weighted by molar-refractivity contribution is 7.13. The van der Waals surface area contributed by atoms with Crippen molar-refractivity contribution in [1.29, 1.82) is 0 Å². The molecule has 0 bridgehead atoms. The molecule has 5 nitrogen and oxygen atoms in total. The summed E-state index contributed by atoms with van der Waals surface area (Å²) in [5.74, 6) is 0.578. The predicted molar refractivity (Wildman–Crippen MR) is 80.2 cm³/mol. The Morgan fingerprint density at radius 2 is 2.20 bits per heavy atom. The number of nitrogens with zero attached hydrogens (tertiary/aromatic N) is 1. The summed E-state index contributed by atoms with van der Waals surface area (Å²) in [5, 5.41) is 3.75. The van der Waals surface area contributed by atoms with Crippen LogP contribution in [0.5, 0.6) is 5.75 Å². The Bertz CT molecular complexity index is 637. The average molecular weight is 291 g/mol. The van der Waals surface area contributed by atoms with E-state index in [9.17, 15) is 4.79 Å². The standard InChI is InChI=1S/C14H17N3O2S/c1-8-13(20-9(2)17-8)14(18)16-7-10-6-11(15)4-5-12(10)19-3/h4-6H,7,15H2,1-3H3,(H,16,18). The van der Waals surface area contributed by atoms with Crippen LogP contribution in [0.3, 0.4) is 0 Å². The van der Waals surface area contributed by atoms with E-state index >= 15 is 0 Å². The minimum Gasteiger partial charge on any atom is -0.496 e. The van der Waals surface area contributed by atoms with Gasteiger partial charge in [-0.3, -0.25) is 4.79 Å². The molecule has 106 valence electrons. The van der Waals surface area contributed by atoms with Crippen molar-refractivity contribution in [2.45, 2.75) is 20.4 Å². The van der Waals surface area contributed by atoms with Crippen molar-refractivity contribution in [2.75, 3.05) is 12.8 Å². The highest BCUT2D eigenvalue weighted by Gasteiger charge is 2.14. The summed E-state index contributed by atoms with van der Waals surface area (Å²) < 4.78 is 5.25. The summed E-state index contributed by atoms with van der Waals surface area (Å²) in [6.45, 7) is 4.08. The zero-order chi connectivity index (χ0) is 14.7. The van der Waals surface area contributed by atoms with Crippen molar-refractivity contribution >= 4 is 22.9 Å². The maximum Gasteiger partial charge on any atom is 0.263 e. The van der Waals surface area contributed by atoms with E-state index in [1.807, 2.05) is 13.8 Å². The first-order valence-electron chi connectivity index (χ1n) is 6.16. The van der Waals surface area contributed by atoms with Gasteiger partial charge < -0.3 is 15.8 Å². The number of methoxy groups -OCH3 is 1. The van der Waals surface area contributed by atoms with Crippen LogP contribution in [0.15, 0.2) is 18.2 Å². The minimum absolute atomic E-state index is 0.127. The Hall–Kier alpha value is -2.08. The summed E-state index contributed by atoms with van der Waals surface area (Å²) in [4.78, 5) is 17.0. The van der Waals surface area contributed by atoms with E-state index in [4.69, 9.17) is 10.5 Å². The molecule has 20 heavy (non-hydrogen) atoms. The second-order valence-electron chi connectivity index (χ2n) is 4.40. The van der Waals surface area contributed by atoms with Crippen LogP contribution in [0.2, 0.25) is 0 Å². The summed E-state index contributed by atoms with van der Waals surface area (Å²) >= 11 is 1.39. The Balaban J connectivity index is 2.11. The number of aromatic nitrogens is 1. The third-order valence-corrected chi connectivity index (χ3v) is 3.93. The van der Waals surface area contributed by atoms with E-state index in [-0.39, 0.29) is 5.91 Å². The molecule has 6 heteroatoms. The molecule has 1 aromatic heterocycles. The van der Waals surface area contributed by atoms with Gasteiger partial charge in [0, 0.05) is 17.8 Å². The number of nitrogen functional groups attached to an aromatic ring is 1. The molecular weight excluding hydrogens is 274 g/mol. The average Bonchev–Trinajstić information content (AvgIpc) is 2.75.